The second-order valence-corrected chi connectivity index (χ2v) is 6.16. The van der Waals surface area contributed by atoms with E-state index in [0.29, 0.717) is 17.1 Å². The maximum atomic E-state index is 13.5. The van der Waals surface area contributed by atoms with Crippen LogP contribution in [0.3, 0.4) is 0 Å². The number of hydrogen-bond acceptors (Lipinski definition) is 4. The Kier molecular flexibility index (Phi) is 5.79. The van der Waals surface area contributed by atoms with Crippen LogP contribution in [-0.2, 0) is 14.3 Å². The van der Waals surface area contributed by atoms with Crippen molar-refractivity contribution in [3.05, 3.63) is 30.1 Å². The Hall–Kier alpha value is -1.60. The quantitative estimate of drug-likeness (QED) is 0.810. The molecule has 2 atom stereocenters. The molecule has 1 saturated heterocycles. The lowest BCUT2D eigenvalue weighted by Crippen LogP contribution is -2.40. The van der Waals surface area contributed by atoms with E-state index in [1.807, 2.05) is 0 Å². The van der Waals surface area contributed by atoms with Crippen LogP contribution in [0.4, 0.5) is 4.39 Å². The van der Waals surface area contributed by atoms with E-state index in [-0.39, 0.29) is 30.8 Å². The van der Waals surface area contributed by atoms with Crippen LogP contribution in [0, 0.1) is 5.82 Å². The third-order valence-corrected chi connectivity index (χ3v) is 4.66. The van der Waals surface area contributed by atoms with Crippen LogP contribution in [0.15, 0.2) is 29.2 Å². The first kappa shape index (κ1) is 16.8. The van der Waals surface area contributed by atoms with Gasteiger partial charge in [-0.25, -0.2) is 9.18 Å². The van der Waals surface area contributed by atoms with E-state index < -0.39 is 12.0 Å². The highest BCUT2D eigenvalue weighted by Gasteiger charge is 2.39. The number of aliphatic carboxylic acids is 1. The fourth-order valence-corrected chi connectivity index (χ4v) is 3.31. The smallest absolute Gasteiger partial charge is 0.326 e. The molecule has 22 heavy (non-hydrogen) atoms. The highest BCUT2D eigenvalue weighted by atomic mass is 32.2. The van der Waals surface area contributed by atoms with Crippen molar-refractivity contribution >= 4 is 23.6 Å². The van der Waals surface area contributed by atoms with Gasteiger partial charge in [-0.3, -0.25) is 4.79 Å². The molecule has 1 aromatic rings. The number of thioether (sulfide) groups is 1. The van der Waals surface area contributed by atoms with Crippen molar-refractivity contribution in [3.8, 4) is 0 Å². The minimum Gasteiger partial charge on any atom is -0.480 e. The summed E-state index contributed by atoms with van der Waals surface area (Å²) >= 11 is 1.25. The number of carboxylic acid groups (broad SMARTS) is 1. The number of nitrogens with zero attached hydrogens (tertiary/aromatic N) is 1. The van der Waals surface area contributed by atoms with Gasteiger partial charge in [0.2, 0.25) is 5.91 Å². The van der Waals surface area contributed by atoms with Crippen LogP contribution >= 0.6 is 11.8 Å². The zero-order valence-electron chi connectivity index (χ0n) is 12.2. The van der Waals surface area contributed by atoms with E-state index >= 15 is 0 Å². The van der Waals surface area contributed by atoms with Gasteiger partial charge in [-0.2, -0.15) is 0 Å². The molecule has 0 aromatic heterocycles. The Balaban J connectivity index is 1.88. The molecule has 5 nitrogen and oxygen atoms in total. The zero-order valence-corrected chi connectivity index (χ0v) is 13.0. The number of hydrogen-bond donors (Lipinski definition) is 1. The summed E-state index contributed by atoms with van der Waals surface area (Å²) in [5.41, 5.74) is 0. The second-order valence-electron chi connectivity index (χ2n) is 5.02. The third kappa shape index (κ3) is 3.98. The Labute approximate surface area is 132 Å². The lowest BCUT2D eigenvalue weighted by Gasteiger charge is -2.21. The first-order valence-corrected chi connectivity index (χ1v) is 7.94. The van der Waals surface area contributed by atoms with Gasteiger partial charge in [-0.1, -0.05) is 12.1 Å². The summed E-state index contributed by atoms with van der Waals surface area (Å²) in [5, 5.41) is 9.18. The number of amides is 1. The summed E-state index contributed by atoms with van der Waals surface area (Å²) < 4.78 is 18.6. The summed E-state index contributed by atoms with van der Waals surface area (Å²) in [6.07, 6.45) is 0.223. The highest BCUT2D eigenvalue weighted by molar-refractivity contribution is 7.99. The van der Waals surface area contributed by atoms with Crippen LogP contribution in [0.2, 0.25) is 0 Å². The minimum atomic E-state index is -1.02. The van der Waals surface area contributed by atoms with Crippen LogP contribution in [0.5, 0.6) is 0 Å². The van der Waals surface area contributed by atoms with Gasteiger partial charge >= 0.3 is 5.97 Å². The van der Waals surface area contributed by atoms with E-state index in [0.717, 1.165) is 0 Å². The topological polar surface area (TPSA) is 66.8 Å². The number of methoxy groups -OCH3 is 1. The van der Waals surface area contributed by atoms with Crippen molar-refractivity contribution in [1.82, 2.24) is 4.90 Å². The lowest BCUT2D eigenvalue weighted by atomic mass is 10.2. The van der Waals surface area contributed by atoms with Gasteiger partial charge in [0.1, 0.15) is 11.9 Å². The Morgan fingerprint density at radius 2 is 2.18 bits per heavy atom. The maximum absolute atomic E-state index is 13.5. The normalized spacial score (nSPS) is 21.1. The summed E-state index contributed by atoms with van der Waals surface area (Å²) in [5.74, 6) is -1.17. The molecular weight excluding hydrogens is 309 g/mol. The molecule has 0 radical (unpaired) electrons. The molecule has 120 valence electrons. The number of carboxylic acids is 1. The number of benzene rings is 1. The number of carbonyl (C=O) groups is 2. The average molecular weight is 327 g/mol. The molecule has 7 heteroatoms. The monoisotopic (exact) mass is 327 g/mol. The van der Waals surface area contributed by atoms with Crippen LogP contribution in [0.1, 0.15) is 12.8 Å². The van der Waals surface area contributed by atoms with Crippen molar-refractivity contribution in [3.63, 3.8) is 0 Å². The van der Waals surface area contributed by atoms with Crippen molar-refractivity contribution in [2.75, 3.05) is 19.4 Å². The Morgan fingerprint density at radius 1 is 1.45 bits per heavy atom. The standard InChI is InChI=1S/C15H18FNO4S/c1-21-10-8-12(15(19)20)17(9-10)14(18)6-7-22-13-5-3-2-4-11(13)16/h2-5,10,12H,6-9H2,1H3,(H,19,20). The lowest BCUT2D eigenvalue weighted by molar-refractivity contribution is -0.148. The Bertz CT molecular complexity index is 554. The van der Waals surface area contributed by atoms with Crippen molar-refractivity contribution in [2.24, 2.45) is 0 Å². The maximum Gasteiger partial charge on any atom is 0.326 e. The molecule has 0 saturated carbocycles. The first-order chi connectivity index (χ1) is 10.5. The molecule has 1 fully saturated rings. The molecular formula is C15H18FNO4S. The van der Waals surface area contributed by atoms with Crippen molar-refractivity contribution in [2.45, 2.75) is 29.9 Å². The summed E-state index contributed by atoms with van der Waals surface area (Å²) in [6, 6.07) is 5.53. The molecule has 0 spiro atoms. The van der Waals surface area contributed by atoms with E-state index in [1.54, 1.807) is 18.2 Å². The molecule has 1 aliphatic rings. The van der Waals surface area contributed by atoms with Gasteiger partial charge < -0.3 is 14.7 Å². The molecule has 1 N–H and O–H groups in total. The van der Waals surface area contributed by atoms with Gasteiger partial charge in [-0.15, -0.1) is 11.8 Å². The highest BCUT2D eigenvalue weighted by Crippen LogP contribution is 2.24. The summed E-state index contributed by atoms with van der Waals surface area (Å²) in [7, 11) is 1.51. The molecule has 2 rings (SSSR count). The van der Waals surface area contributed by atoms with Crippen molar-refractivity contribution in [1.29, 1.82) is 0 Å². The Morgan fingerprint density at radius 3 is 2.82 bits per heavy atom. The van der Waals surface area contributed by atoms with Gasteiger partial charge in [0.15, 0.2) is 0 Å². The molecule has 1 aromatic carbocycles. The number of carbonyl (C=O) groups excluding carboxylic acids is 1. The van der Waals surface area contributed by atoms with Crippen LogP contribution < -0.4 is 0 Å². The SMILES string of the molecule is COC1CC(C(=O)O)N(C(=O)CCSc2ccccc2F)C1. The molecule has 1 amide bonds. The minimum absolute atomic E-state index is 0.166. The van der Waals surface area contributed by atoms with E-state index in [1.165, 1.54) is 29.8 Å². The molecule has 1 aliphatic heterocycles. The molecule has 2 unspecified atom stereocenters. The number of ether oxygens (including phenoxy) is 1. The first-order valence-electron chi connectivity index (χ1n) is 6.95. The van der Waals surface area contributed by atoms with E-state index in [9.17, 15) is 19.1 Å². The van der Waals surface area contributed by atoms with Gasteiger partial charge in [0.25, 0.3) is 0 Å². The van der Waals surface area contributed by atoms with E-state index in [2.05, 4.69) is 0 Å². The predicted octanol–water partition coefficient (Wildman–Crippen LogP) is 2.01. The third-order valence-electron chi connectivity index (χ3n) is 3.61. The van der Waals surface area contributed by atoms with Crippen molar-refractivity contribution < 1.29 is 23.8 Å². The molecule has 1 heterocycles. The van der Waals surface area contributed by atoms with Gasteiger partial charge in [0.05, 0.1) is 6.10 Å². The predicted molar refractivity (Wildman–Crippen MR) is 80.3 cm³/mol. The van der Waals surface area contributed by atoms with Gasteiger partial charge in [0, 0.05) is 37.1 Å². The number of rotatable bonds is 6. The number of likely N-dealkylation sites (tertiary alicyclic amines) is 1. The summed E-state index contributed by atoms with van der Waals surface area (Å²) in [6.45, 7) is 0.288. The van der Waals surface area contributed by atoms with Crippen LogP contribution in [0.25, 0.3) is 0 Å². The fraction of sp³-hybridized carbons (Fsp3) is 0.467. The average Bonchev–Trinajstić information content (AvgIpc) is 2.94. The summed E-state index contributed by atoms with van der Waals surface area (Å²) in [4.78, 5) is 25.2. The van der Waals surface area contributed by atoms with Crippen LogP contribution in [-0.4, -0.2) is 53.4 Å². The largest absolute Gasteiger partial charge is 0.480 e. The molecule has 0 bridgehead atoms. The fourth-order valence-electron chi connectivity index (χ4n) is 2.43. The van der Waals surface area contributed by atoms with Gasteiger partial charge in [-0.05, 0) is 12.1 Å². The zero-order chi connectivity index (χ0) is 16.1. The molecule has 0 aliphatic carbocycles. The number of halogens is 1. The second kappa shape index (κ2) is 7.60. The van der Waals surface area contributed by atoms with E-state index in [4.69, 9.17) is 4.74 Å².